The van der Waals surface area contributed by atoms with Crippen LogP contribution < -0.4 is 0 Å². The van der Waals surface area contributed by atoms with Crippen molar-refractivity contribution in [1.29, 1.82) is 0 Å². The van der Waals surface area contributed by atoms with Gasteiger partial charge in [-0.25, -0.2) is 8.78 Å². The molecule has 1 aromatic rings. The largest absolute Gasteiger partial charge is 0.393 e. The number of halogens is 2. The van der Waals surface area contributed by atoms with Crippen LogP contribution in [0.25, 0.3) is 0 Å². The predicted octanol–water partition coefficient (Wildman–Crippen LogP) is 1.94. The molecule has 2 saturated heterocycles. The molecule has 1 N–H and O–H groups in total. The highest BCUT2D eigenvalue weighted by atomic mass is 19.1. The van der Waals surface area contributed by atoms with Gasteiger partial charge in [-0.2, -0.15) is 0 Å². The summed E-state index contributed by atoms with van der Waals surface area (Å²) in [4.78, 5) is 29.3. The van der Waals surface area contributed by atoms with Gasteiger partial charge in [0.2, 0.25) is 5.91 Å². The average Bonchev–Trinajstić information content (AvgIpc) is 3.27. The van der Waals surface area contributed by atoms with E-state index in [9.17, 15) is 23.5 Å². The van der Waals surface area contributed by atoms with Gasteiger partial charge in [0.05, 0.1) is 11.7 Å². The van der Waals surface area contributed by atoms with Crippen LogP contribution in [0.1, 0.15) is 42.5 Å². The van der Waals surface area contributed by atoms with Crippen LogP contribution in [0.15, 0.2) is 18.2 Å². The van der Waals surface area contributed by atoms with E-state index < -0.39 is 17.5 Å². The van der Waals surface area contributed by atoms with Gasteiger partial charge in [-0.05, 0) is 49.7 Å². The first-order chi connectivity index (χ1) is 12.9. The van der Waals surface area contributed by atoms with Crippen molar-refractivity contribution in [3.8, 4) is 0 Å². The molecule has 2 aliphatic heterocycles. The van der Waals surface area contributed by atoms with Gasteiger partial charge >= 0.3 is 0 Å². The van der Waals surface area contributed by atoms with Gasteiger partial charge < -0.3 is 14.9 Å². The zero-order valence-electron chi connectivity index (χ0n) is 14.9. The molecule has 5 rings (SSSR count). The lowest BCUT2D eigenvalue weighted by Gasteiger charge is -2.42. The van der Waals surface area contributed by atoms with Gasteiger partial charge in [-0.3, -0.25) is 9.59 Å². The van der Waals surface area contributed by atoms with Crippen LogP contribution >= 0.6 is 0 Å². The van der Waals surface area contributed by atoms with Crippen LogP contribution in [0.2, 0.25) is 0 Å². The summed E-state index contributed by atoms with van der Waals surface area (Å²) in [5.41, 5.74) is -0.0969. The Labute approximate surface area is 155 Å². The van der Waals surface area contributed by atoms with Crippen molar-refractivity contribution in [2.45, 2.75) is 50.3 Å². The molecule has 4 fully saturated rings. The topological polar surface area (TPSA) is 60.9 Å². The van der Waals surface area contributed by atoms with Crippen LogP contribution in [-0.2, 0) is 4.79 Å². The van der Waals surface area contributed by atoms with E-state index >= 15 is 0 Å². The van der Waals surface area contributed by atoms with Gasteiger partial charge in [-0.15, -0.1) is 0 Å². The summed E-state index contributed by atoms with van der Waals surface area (Å²) in [5, 5.41) is 9.57. The molecule has 2 aliphatic carbocycles. The minimum absolute atomic E-state index is 0.0146. The molecule has 1 spiro atoms. The second-order valence-corrected chi connectivity index (χ2v) is 8.65. The third-order valence-electron chi connectivity index (χ3n) is 6.96. The number of fused-ring (bicyclic) bond motifs is 2. The molecule has 2 saturated carbocycles. The van der Waals surface area contributed by atoms with Crippen LogP contribution in [-0.4, -0.2) is 58.0 Å². The summed E-state index contributed by atoms with van der Waals surface area (Å²) < 4.78 is 27.1. The van der Waals surface area contributed by atoms with Crippen LogP contribution in [0, 0.1) is 23.0 Å². The normalized spacial score (nSPS) is 36.7. The smallest absolute Gasteiger partial charge is 0.256 e. The second kappa shape index (κ2) is 5.74. The molecule has 27 heavy (non-hydrogen) atoms. The third kappa shape index (κ3) is 2.58. The summed E-state index contributed by atoms with van der Waals surface area (Å²) in [6.45, 7) is 0.778. The van der Waals surface area contributed by atoms with E-state index in [-0.39, 0.29) is 41.0 Å². The Morgan fingerprint density at radius 1 is 1.07 bits per heavy atom. The monoisotopic (exact) mass is 376 g/mol. The van der Waals surface area contributed by atoms with Gasteiger partial charge in [-0.1, -0.05) is 0 Å². The van der Waals surface area contributed by atoms with Gasteiger partial charge in [0.1, 0.15) is 11.6 Å². The fourth-order valence-corrected chi connectivity index (χ4v) is 5.47. The molecule has 2 amide bonds. The molecule has 0 aromatic heterocycles. The van der Waals surface area contributed by atoms with Crippen molar-refractivity contribution in [3.05, 3.63) is 35.4 Å². The number of benzene rings is 1. The molecule has 2 heterocycles. The summed E-state index contributed by atoms with van der Waals surface area (Å²) in [6.07, 6.45) is 3.73. The van der Waals surface area contributed by atoms with Gasteiger partial charge in [0, 0.05) is 37.2 Å². The molecule has 3 unspecified atom stereocenters. The Balaban J connectivity index is 1.29. The molecule has 1 aromatic carbocycles. The fraction of sp³-hybridized carbons (Fsp3) is 0.600. The van der Waals surface area contributed by atoms with Crippen molar-refractivity contribution in [3.63, 3.8) is 0 Å². The van der Waals surface area contributed by atoms with E-state index in [0.717, 1.165) is 44.2 Å². The van der Waals surface area contributed by atoms with Crippen molar-refractivity contribution in [2.24, 2.45) is 11.3 Å². The highest BCUT2D eigenvalue weighted by Gasteiger charge is 2.66. The maximum absolute atomic E-state index is 14.0. The first kappa shape index (κ1) is 17.1. The first-order valence-electron chi connectivity index (χ1n) is 9.62. The van der Waals surface area contributed by atoms with Crippen molar-refractivity contribution in [2.75, 3.05) is 13.1 Å². The number of aliphatic hydroxyl groups excluding tert-OH is 1. The van der Waals surface area contributed by atoms with E-state index in [1.54, 1.807) is 4.90 Å². The van der Waals surface area contributed by atoms with Crippen molar-refractivity contribution < 1.29 is 23.5 Å². The Morgan fingerprint density at radius 3 is 2.33 bits per heavy atom. The minimum atomic E-state index is -0.852. The third-order valence-corrected chi connectivity index (χ3v) is 6.96. The number of amides is 2. The lowest BCUT2D eigenvalue weighted by atomic mass is 9.77. The Bertz CT molecular complexity index is 809. The Hall–Kier alpha value is -2.02. The summed E-state index contributed by atoms with van der Waals surface area (Å²) in [5.74, 6) is -1.83. The van der Waals surface area contributed by atoms with Crippen molar-refractivity contribution >= 4 is 11.8 Å². The Morgan fingerprint density at radius 2 is 1.74 bits per heavy atom. The van der Waals surface area contributed by atoms with Gasteiger partial charge in [0.25, 0.3) is 5.91 Å². The summed E-state index contributed by atoms with van der Waals surface area (Å²) in [7, 11) is 0. The number of likely N-dealkylation sites (tertiary alicyclic amines) is 1. The molecule has 5 nitrogen and oxygen atoms in total. The quantitative estimate of drug-likeness (QED) is 0.858. The van der Waals surface area contributed by atoms with E-state index in [1.807, 2.05) is 4.90 Å². The molecule has 2 bridgehead atoms. The predicted molar refractivity (Wildman–Crippen MR) is 91.7 cm³/mol. The standard InChI is InChI=1S/C20H22F2N2O3/c21-11-1-4-15(17(22)5-11)18(26)23-9-12-2-3-13(10-23)24(12)19(27)16-8-20(16)6-14(25)7-20/h1,4-5,12-14,16,25H,2-3,6-10H2. The molecular weight excluding hydrogens is 354 g/mol. The van der Waals surface area contributed by atoms with Gasteiger partial charge in [0.15, 0.2) is 0 Å². The minimum Gasteiger partial charge on any atom is -0.393 e. The number of hydrogen-bond donors (Lipinski definition) is 1. The number of rotatable bonds is 2. The maximum atomic E-state index is 14.0. The van der Waals surface area contributed by atoms with E-state index in [2.05, 4.69) is 0 Å². The van der Waals surface area contributed by atoms with E-state index in [1.165, 1.54) is 6.07 Å². The number of carbonyl (C=O) groups excluding carboxylic acids is 2. The van der Waals surface area contributed by atoms with E-state index in [0.29, 0.717) is 13.1 Å². The Kier molecular flexibility index (Phi) is 3.63. The molecule has 144 valence electrons. The molecule has 0 radical (unpaired) electrons. The molecule has 4 aliphatic rings. The first-order valence-corrected chi connectivity index (χ1v) is 9.62. The maximum Gasteiger partial charge on any atom is 0.256 e. The average molecular weight is 376 g/mol. The second-order valence-electron chi connectivity index (χ2n) is 8.65. The van der Waals surface area contributed by atoms with Crippen LogP contribution in [0.4, 0.5) is 8.78 Å². The van der Waals surface area contributed by atoms with E-state index in [4.69, 9.17) is 0 Å². The van der Waals surface area contributed by atoms with Crippen LogP contribution in [0.5, 0.6) is 0 Å². The number of carbonyl (C=O) groups is 2. The number of hydrogen-bond acceptors (Lipinski definition) is 3. The molecule has 7 heteroatoms. The molecular formula is C20H22F2N2O3. The number of nitrogens with zero attached hydrogens (tertiary/aromatic N) is 2. The lowest BCUT2D eigenvalue weighted by Crippen LogP contribution is -2.58. The molecule has 3 atom stereocenters. The zero-order chi connectivity index (χ0) is 18.9. The zero-order valence-corrected chi connectivity index (χ0v) is 14.9. The SMILES string of the molecule is O=C(c1ccc(F)cc1F)N1CC2CCC(C1)N2C(=O)C1CC12CC(O)C2. The summed E-state index contributed by atoms with van der Waals surface area (Å²) in [6, 6.07) is 2.92. The van der Waals surface area contributed by atoms with Crippen LogP contribution in [0.3, 0.4) is 0 Å². The number of aliphatic hydroxyl groups is 1. The number of piperazine rings is 1. The lowest BCUT2D eigenvalue weighted by molar-refractivity contribution is -0.140. The van der Waals surface area contributed by atoms with Crippen molar-refractivity contribution in [1.82, 2.24) is 9.80 Å². The fourth-order valence-electron chi connectivity index (χ4n) is 5.47. The summed E-state index contributed by atoms with van der Waals surface area (Å²) >= 11 is 0. The highest BCUT2D eigenvalue weighted by molar-refractivity contribution is 5.95. The highest BCUT2D eigenvalue weighted by Crippen LogP contribution is 2.66.